The van der Waals surface area contributed by atoms with Crippen LogP contribution in [0.4, 0.5) is 0 Å². The van der Waals surface area contributed by atoms with Crippen molar-refractivity contribution in [3.63, 3.8) is 0 Å². The smallest absolute Gasteiger partial charge is 0.326 e. The number of carboxylic acids is 4. The SMILES string of the molecule is NC(=O)C[C@H](NC(=O)[C@H](CC(=O)O)NC(=O)[C@H](CCC(=O)O)NC(=O)[C@H](CS)NC(=O)[C@H](CC(=O)O)NC(=O)[C@@H](N)CC(N)=O)C(=O)O. The summed E-state index contributed by atoms with van der Waals surface area (Å²) in [5.74, 6) is -15.5. The lowest BCUT2D eigenvalue weighted by atomic mass is 10.1. The van der Waals surface area contributed by atoms with E-state index >= 15 is 0 Å². The molecule has 0 aliphatic rings. The van der Waals surface area contributed by atoms with Gasteiger partial charge >= 0.3 is 23.9 Å². The molecule has 0 spiro atoms. The molecule has 0 aliphatic heterocycles. The maximum absolute atomic E-state index is 13.1. The molecule has 0 bridgehead atoms. The van der Waals surface area contributed by atoms with E-state index in [0.29, 0.717) is 0 Å². The summed E-state index contributed by atoms with van der Waals surface area (Å²) in [6, 6.07) is -10.9. The van der Waals surface area contributed by atoms with Gasteiger partial charge in [0.05, 0.1) is 31.7 Å². The third-order valence-electron chi connectivity index (χ3n) is 5.90. The van der Waals surface area contributed by atoms with Crippen LogP contribution in [0.15, 0.2) is 0 Å². The Labute approximate surface area is 275 Å². The molecule has 0 radical (unpaired) electrons. The lowest BCUT2D eigenvalue weighted by Crippen LogP contribution is -2.60. The van der Waals surface area contributed by atoms with Gasteiger partial charge in [0.2, 0.25) is 41.4 Å². The number of thiol groups is 1. The van der Waals surface area contributed by atoms with E-state index in [1.165, 1.54) is 0 Å². The number of hydrogen-bond donors (Lipinski definition) is 13. The average Bonchev–Trinajstić information content (AvgIpc) is 2.95. The minimum absolute atomic E-state index is 0.528. The molecule has 0 aromatic carbocycles. The van der Waals surface area contributed by atoms with Crippen molar-refractivity contribution in [3.05, 3.63) is 0 Å². The summed E-state index contributed by atoms with van der Waals surface area (Å²) in [4.78, 5) is 131. The lowest BCUT2D eigenvalue weighted by molar-refractivity contribution is -0.145. The van der Waals surface area contributed by atoms with Crippen LogP contribution in [-0.2, 0) is 52.7 Å². The van der Waals surface area contributed by atoms with Gasteiger partial charge < -0.3 is 64.2 Å². The first kappa shape index (κ1) is 42.5. The van der Waals surface area contributed by atoms with Gasteiger partial charge in [0, 0.05) is 12.2 Å². The highest BCUT2D eigenvalue weighted by Gasteiger charge is 2.34. The largest absolute Gasteiger partial charge is 0.481 e. The Kier molecular flexibility index (Phi) is 18.2. The Morgan fingerprint density at radius 2 is 0.875 bits per heavy atom. The van der Waals surface area contributed by atoms with E-state index in [-0.39, 0.29) is 0 Å². The van der Waals surface area contributed by atoms with Crippen LogP contribution in [0.25, 0.3) is 0 Å². The summed E-state index contributed by atoms with van der Waals surface area (Å²) in [5, 5.41) is 46.6. The van der Waals surface area contributed by atoms with E-state index in [4.69, 9.17) is 27.4 Å². The molecule has 0 unspecified atom stereocenters. The van der Waals surface area contributed by atoms with E-state index in [1.807, 2.05) is 16.0 Å². The molecule has 0 aliphatic carbocycles. The molecular formula is C24H36N8O15S. The summed E-state index contributed by atoms with van der Waals surface area (Å²) in [5.41, 5.74) is 15.4. The van der Waals surface area contributed by atoms with Gasteiger partial charge in [-0.1, -0.05) is 0 Å². The number of nitrogens with two attached hydrogens (primary N) is 3. The standard InChI is InChI=1S/C24H36N8O15S/c25-8(3-14(26)33)19(41)29-10(5-17(37)38)22(44)32-13(7-48)23(45)28-9(1-2-16(35)36)20(42)30-11(6-18(39)40)21(43)31-12(24(46)47)4-15(27)34/h8-13,48H,1-7,25H2,(H2,26,33)(H2,27,34)(H,28,45)(H,29,41)(H,30,42)(H,31,43)(H,32,44)(H,35,36)(H,37,38)(H,39,40)(H,46,47)/t8-,9-,10-,11-,12-,13-/m0/s1. The van der Waals surface area contributed by atoms with Crippen molar-refractivity contribution in [2.45, 2.75) is 74.8 Å². The van der Waals surface area contributed by atoms with Gasteiger partial charge in [0.15, 0.2) is 0 Å². The van der Waals surface area contributed by atoms with E-state index in [2.05, 4.69) is 23.3 Å². The number of carbonyl (C=O) groups excluding carboxylic acids is 7. The quantitative estimate of drug-likeness (QED) is 0.0439. The van der Waals surface area contributed by atoms with Gasteiger partial charge in [-0.25, -0.2) is 4.79 Å². The minimum Gasteiger partial charge on any atom is -0.481 e. The maximum Gasteiger partial charge on any atom is 0.326 e. The van der Waals surface area contributed by atoms with Crippen molar-refractivity contribution in [2.24, 2.45) is 17.2 Å². The van der Waals surface area contributed by atoms with Crippen LogP contribution in [0.3, 0.4) is 0 Å². The van der Waals surface area contributed by atoms with Crippen LogP contribution in [0.5, 0.6) is 0 Å². The van der Waals surface area contributed by atoms with E-state index < -0.39 is 146 Å². The fourth-order valence-electron chi connectivity index (χ4n) is 3.58. The van der Waals surface area contributed by atoms with Gasteiger partial charge in [0.1, 0.15) is 30.2 Å². The van der Waals surface area contributed by atoms with Crippen molar-refractivity contribution in [1.82, 2.24) is 26.6 Å². The number of carbonyl (C=O) groups is 11. The maximum atomic E-state index is 13.1. The second-order valence-electron chi connectivity index (χ2n) is 9.90. The zero-order valence-corrected chi connectivity index (χ0v) is 25.8. The average molecular weight is 709 g/mol. The topological polar surface area (TPSA) is 407 Å². The normalized spacial score (nSPS) is 14.3. The molecule has 0 aromatic rings. The molecule has 15 N–H and O–H groups in total. The number of carboxylic acid groups (broad SMARTS) is 4. The van der Waals surface area contributed by atoms with E-state index in [0.717, 1.165) is 0 Å². The van der Waals surface area contributed by atoms with Gasteiger partial charge in [-0.15, -0.1) is 0 Å². The third kappa shape index (κ3) is 16.7. The van der Waals surface area contributed by atoms with Crippen LogP contribution in [0.1, 0.15) is 38.5 Å². The van der Waals surface area contributed by atoms with Crippen molar-refractivity contribution in [3.8, 4) is 0 Å². The zero-order chi connectivity index (χ0) is 37.3. The number of rotatable bonds is 23. The third-order valence-corrected chi connectivity index (χ3v) is 6.26. The molecule has 0 rings (SSSR count). The van der Waals surface area contributed by atoms with Crippen molar-refractivity contribution < 1.29 is 73.2 Å². The highest BCUT2D eigenvalue weighted by atomic mass is 32.1. The molecule has 0 saturated heterocycles. The second kappa shape index (κ2) is 20.6. The Balaban J connectivity index is 6.02. The number of aliphatic carboxylic acids is 4. The number of nitrogens with one attached hydrogen (secondary N) is 5. The highest BCUT2D eigenvalue weighted by molar-refractivity contribution is 7.80. The van der Waals surface area contributed by atoms with Gasteiger partial charge in [-0.05, 0) is 6.42 Å². The number of primary amides is 2. The molecule has 6 atom stereocenters. The van der Waals surface area contributed by atoms with Crippen molar-refractivity contribution in [1.29, 1.82) is 0 Å². The summed E-state index contributed by atoms with van der Waals surface area (Å²) in [6.45, 7) is 0. The summed E-state index contributed by atoms with van der Waals surface area (Å²) < 4.78 is 0. The first-order valence-electron chi connectivity index (χ1n) is 13.5. The van der Waals surface area contributed by atoms with E-state index in [9.17, 15) is 63.0 Å². The van der Waals surface area contributed by atoms with Gasteiger partial charge in [-0.3, -0.25) is 47.9 Å². The Morgan fingerprint density at radius 3 is 1.27 bits per heavy atom. The van der Waals surface area contributed by atoms with Gasteiger partial charge in [0.25, 0.3) is 0 Å². The van der Waals surface area contributed by atoms with Crippen molar-refractivity contribution in [2.75, 3.05) is 5.75 Å². The van der Waals surface area contributed by atoms with Crippen LogP contribution in [0, 0.1) is 0 Å². The second-order valence-corrected chi connectivity index (χ2v) is 10.3. The molecule has 0 heterocycles. The molecule has 268 valence electrons. The summed E-state index contributed by atoms with van der Waals surface area (Å²) in [7, 11) is 0. The van der Waals surface area contributed by atoms with Crippen LogP contribution < -0.4 is 43.8 Å². The fraction of sp³-hybridized carbons (Fsp3) is 0.542. The molecule has 0 saturated carbocycles. The molecule has 24 heteroatoms. The Morgan fingerprint density at radius 1 is 0.500 bits per heavy atom. The summed E-state index contributed by atoms with van der Waals surface area (Å²) >= 11 is 3.91. The Hall–Kier alpha value is -5.52. The monoisotopic (exact) mass is 708 g/mol. The van der Waals surface area contributed by atoms with Crippen LogP contribution in [0.2, 0.25) is 0 Å². The molecule has 7 amide bonds. The fourth-order valence-corrected chi connectivity index (χ4v) is 3.83. The van der Waals surface area contributed by atoms with Gasteiger partial charge in [-0.2, -0.15) is 12.6 Å². The predicted molar refractivity (Wildman–Crippen MR) is 158 cm³/mol. The molecule has 48 heavy (non-hydrogen) atoms. The highest BCUT2D eigenvalue weighted by Crippen LogP contribution is 2.05. The molecule has 0 aromatic heterocycles. The van der Waals surface area contributed by atoms with E-state index in [1.54, 1.807) is 0 Å². The molecule has 23 nitrogen and oxygen atoms in total. The van der Waals surface area contributed by atoms with Crippen LogP contribution in [-0.4, -0.2) is 128 Å². The number of hydrogen-bond acceptors (Lipinski definition) is 13. The minimum atomic E-state index is -2.02. The summed E-state index contributed by atoms with van der Waals surface area (Å²) in [6.07, 6.45) is -5.17. The first-order chi connectivity index (χ1) is 22.2. The molecular weight excluding hydrogens is 672 g/mol. The molecule has 0 fully saturated rings. The zero-order valence-electron chi connectivity index (χ0n) is 24.9. The van der Waals surface area contributed by atoms with Crippen LogP contribution >= 0.6 is 12.6 Å². The Bertz CT molecular complexity index is 1300. The van der Waals surface area contributed by atoms with Crippen molar-refractivity contribution >= 4 is 77.9 Å². The number of amides is 7. The predicted octanol–water partition coefficient (Wildman–Crippen LogP) is -6.68. The lowest BCUT2D eigenvalue weighted by Gasteiger charge is -2.26. The first-order valence-corrected chi connectivity index (χ1v) is 14.1.